The lowest BCUT2D eigenvalue weighted by atomic mass is 9.87. The van der Waals surface area contributed by atoms with E-state index in [4.69, 9.17) is 13.9 Å². The lowest BCUT2D eigenvalue weighted by Gasteiger charge is -2.19. The number of ether oxygens (including phenoxy) is 2. The molecule has 3 aromatic carbocycles. The Labute approximate surface area is 200 Å². The van der Waals surface area contributed by atoms with Crippen molar-refractivity contribution in [3.63, 3.8) is 0 Å². The number of phenols is 1. The van der Waals surface area contributed by atoms with Crippen LogP contribution in [0.15, 0.2) is 75.9 Å². The molecule has 3 N–H and O–H groups in total. The lowest BCUT2D eigenvalue weighted by Crippen LogP contribution is -2.28. The molecule has 1 aliphatic heterocycles. The fourth-order valence-corrected chi connectivity index (χ4v) is 4.24. The number of phenolic OH excluding ortho intramolecular Hbond substituents is 1. The van der Waals surface area contributed by atoms with Crippen LogP contribution < -0.4 is 20.4 Å². The van der Waals surface area contributed by atoms with Crippen LogP contribution in [0.5, 0.6) is 23.0 Å². The maximum Gasteiger partial charge on any atom is 0.343 e. The molecule has 1 atom stereocenters. The normalized spacial score (nSPS) is 13.0. The number of fused-ring (bicyclic) bond motifs is 2. The number of carbonyl (C=O) groups is 1. The summed E-state index contributed by atoms with van der Waals surface area (Å²) in [5.74, 6) is -0.0299. The quantitative estimate of drug-likeness (QED) is 0.349. The second-order valence-electron chi connectivity index (χ2n) is 8.28. The maximum absolute atomic E-state index is 13.0. The fraction of sp³-hybridized carbons (Fsp3) is 0.185. The van der Waals surface area contributed by atoms with E-state index in [0.717, 1.165) is 5.56 Å². The first-order valence-corrected chi connectivity index (χ1v) is 11.2. The number of amides is 1. The van der Waals surface area contributed by atoms with Crippen molar-refractivity contribution < 1.29 is 28.9 Å². The molecule has 1 aromatic heterocycles. The van der Waals surface area contributed by atoms with Gasteiger partial charge in [-0.3, -0.25) is 4.79 Å². The first kappa shape index (κ1) is 22.3. The van der Waals surface area contributed by atoms with E-state index >= 15 is 0 Å². The van der Waals surface area contributed by atoms with Crippen molar-refractivity contribution in [3.05, 3.63) is 93.8 Å². The van der Waals surface area contributed by atoms with E-state index < -0.39 is 11.5 Å². The van der Waals surface area contributed by atoms with Gasteiger partial charge in [-0.25, -0.2) is 4.79 Å². The molecule has 0 radical (unpaired) electrons. The van der Waals surface area contributed by atoms with Gasteiger partial charge in [0.1, 0.15) is 17.1 Å². The molecule has 0 saturated carbocycles. The summed E-state index contributed by atoms with van der Waals surface area (Å²) < 4.78 is 16.3. The summed E-state index contributed by atoms with van der Waals surface area (Å²) >= 11 is 0. The summed E-state index contributed by atoms with van der Waals surface area (Å²) in [6, 6.07) is 18.6. The Morgan fingerprint density at radius 3 is 2.57 bits per heavy atom. The monoisotopic (exact) mass is 473 g/mol. The zero-order valence-electron chi connectivity index (χ0n) is 18.7. The average Bonchev–Trinajstić information content (AvgIpc) is 3.33. The summed E-state index contributed by atoms with van der Waals surface area (Å²) in [4.78, 5) is 25.9. The maximum atomic E-state index is 13.0. The highest BCUT2D eigenvalue weighted by molar-refractivity contribution is 5.85. The van der Waals surface area contributed by atoms with E-state index in [0.29, 0.717) is 35.4 Å². The van der Waals surface area contributed by atoms with Crippen LogP contribution in [0, 0.1) is 0 Å². The average molecular weight is 473 g/mol. The van der Waals surface area contributed by atoms with Gasteiger partial charge in [0.15, 0.2) is 11.5 Å². The Hall–Kier alpha value is -4.46. The molecule has 1 amide bonds. The van der Waals surface area contributed by atoms with Gasteiger partial charge in [-0.05, 0) is 53.9 Å². The largest absolute Gasteiger partial charge is 0.508 e. The highest BCUT2D eigenvalue weighted by atomic mass is 16.7. The number of carbonyl (C=O) groups excluding carboxylic acids is 1. The smallest absolute Gasteiger partial charge is 0.343 e. The second-order valence-corrected chi connectivity index (χ2v) is 8.28. The molecule has 0 unspecified atom stereocenters. The number of para-hydroxylation sites is 1. The van der Waals surface area contributed by atoms with E-state index in [1.54, 1.807) is 66.7 Å². The van der Waals surface area contributed by atoms with E-state index in [-0.39, 0.29) is 41.8 Å². The molecule has 0 saturated heterocycles. The second kappa shape index (κ2) is 9.42. The lowest BCUT2D eigenvalue weighted by molar-refractivity contribution is -0.121. The zero-order chi connectivity index (χ0) is 24.4. The van der Waals surface area contributed by atoms with Gasteiger partial charge >= 0.3 is 5.63 Å². The summed E-state index contributed by atoms with van der Waals surface area (Å²) in [6.07, 6.45) is 0.482. The minimum Gasteiger partial charge on any atom is -0.508 e. The Morgan fingerprint density at radius 1 is 0.971 bits per heavy atom. The Kier molecular flexibility index (Phi) is 6.01. The van der Waals surface area contributed by atoms with Crippen LogP contribution in [0.4, 0.5) is 0 Å². The molecule has 0 fully saturated rings. The van der Waals surface area contributed by atoms with Crippen LogP contribution in [-0.4, -0.2) is 29.5 Å². The van der Waals surface area contributed by atoms with Gasteiger partial charge in [0.25, 0.3) is 0 Å². The number of aromatic hydroxyl groups is 2. The van der Waals surface area contributed by atoms with Crippen molar-refractivity contribution in [2.75, 3.05) is 13.3 Å². The molecule has 0 bridgehead atoms. The van der Waals surface area contributed by atoms with Gasteiger partial charge in [-0.15, -0.1) is 0 Å². The molecule has 0 spiro atoms. The topological polar surface area (TPSA) is 118 Å². The molecule has 8 nitrogen and oxygen atoms in total. The van der Waals surface area contributed by atoms with Crippen LogP contribution in [0.2, 0.25) is 0 Å². The molecule has 0 aliphatic carbocycles. The van der Waals surface area contributed by atoms with E-state index in [9.17, 15) is 19.8 Å². The number of hydrogen-bond acceptors (Lipinski definition) is 7. The third-order valence-corrected chi connectivity index (χ3v) is 6.03. The van der Waals surface area contributed by atoms with Crippen molar-refractivity contribution in [1.82, 2.24) is 5.32 Å². The molecule has 35 heavy (non-hydrogen) atoms. The van der Waals surface area contributed by atoms with Gasteiger partial charge in [0, 0.05) is 18.9 Å². The number of rotatable bonds is 7. The SMILES string of the molecule is O=C(C[C@@H](c1ccc2c(c1)OCO2)c1c(O)c2ccccc2oc1=O)NCCc1ccc(O)cc1. The van der Waals surface area contributed by atoms with Crippen LogP contribution in [0.3, 0.4) is 0 Å². The number of hydrogen-bond donors (Lipinski definition) is 3. The standard InChI is InChI=1S/C27H23NO7/c29-18-8-5-16(6-9-18)11-12-28-24(30)14-20(17-7-10-22-23(13-17)34-15-33-22)25-26(31)19-3-1-2-4-21(19)35-27(25)32/h1-10,13,20,29,31H,11-12,14-15H2,(H,28,30)/t20-/m0/s1. The van der Waals surface area contributed by atoms with Crippen molar-refractivity contribution in [1.29, 1.82) is 0 Å². The third kappa shape index (κ3) is 4.63. The summed E-state index contributed by atoms with van der Waals surface area (Å²) in [5.41, 5.74) is 1.14. The first-order chi connectivity index (χ1) is 17.0. The van der Waals surface area contributed by atoms with Crippen LogP contribution in [0.1, 0.15) is 29.0 Å². The predicted molar refractivity (Wildman–Crippen MR) is 128 cm³/mol. The fourth-order valence-electron chi connectivity index (χ4n) is 4.24. The molecule has 2 heterocycles. The minimum atomic E-state index is -0.779. The highest BCUT2D eigenvalue weighted by Gasteiger charge is 2.28. The van der Waals surface area contributed by atoms with Crippen molar-refractivity contribution in [2.24, 2.45) is 0 Å². The summed E-state index contributed by atoms with van der Waals surface area (Å²) in [6.45, 7) is 0.459. The predicted octanol–water partition coefficient (Wildman–Crippen LogP) is 3.81. The molecule has 5 rings (SSSR count). The molecular weight excluding hydrogens is 450 g/mol. The van der Waals surface area contributed by atoms with E-state index in [1.807, 2.05) is 0 Å². The van der Waals surface area contributed by atoms with Crippen LogP contribution >= 0.6 is 0 Å². The van der Waals surface area contributed by atoms with Crippen LogP contribution in [-0.2, 0) is 11.2 Å². The third-order valence-electron chi connectivity index (χ3n) is 6.03. The molecule has 178 valence electrons. The van der Waals surface area contributed by atoms with E-state index in [1.165, 1.54) is 0 Å². The van der Waals surface area contributed by atoms with E-state index in [2.05, 4.69) is 5.32 Å². The zero-order valence-corrected chi connectivity index (χ0v) is 18.7. The number of nitrogens with one attached hydrogen (secondary N) is 1. The Bertz CT molecular complexity index is 1440. The Balaban J connectivity index is 1.44. The van der Waals surface area contributed by atoms with Crippen molar-refractivity contribution >= 4 is 16.9 Å². The van der Waals surface area contributed by atoms with Gasteiger partial charge in [0.05, 0.1) is 10.9 Å². The summed E-state index contributed by atoms with van der Waals surface area (Å²) in [5, 5.41) is 23.7. The minimum absolute atomic E-state index is 0.0104. The van der Waals surface area contributed by atoms with Crippen molar-refractivity contribution in [3.8, 4) is 23.0 Å². The summed E-state index contributed by atoms with van der Waals surface area (Å²) in [7, 11) is 0. The molecule has 1 aliphatic rings. The van der Waals surface area contributed by atoms with Gasteiger partial charge in [-0.2, -0.15) is 0 Å². The molecular formula is C27H23NO7. The highest BCUT2D eigenvalue weighted by Crippen LogP contribution is 2.40. The van der Waals surface area contributed by atoms with Gasteiger partial charge < -0.3 is 29.4 Å². The van der Waals surface area contributed by atoms with Crippen LogP contribution in [0.25, 0.3) is 11.0 Å². The van der Waals surface area contributed by atoms with Gasteiger partial charge in [-0.1, -0.05) is 30.3 Å². The van der Waals surface area contributed by atoms with Crippen molar-refractivity contribution in [2.45, 2.75) is 18.8 Å². The Morgan fingerprint density at radius 2 is 1.74 bits per heavy atom. The first-order valence-electron chi connectivity index (χ1n) is 11.2. The van der Waals surface area contributed by atoms with Gasteiger partial charge in [0.2, 0.25) is 12.7 Å². The molecule has 4 aromatic rings. The molecule has 8 heteroatoms. The number of benzene rings is 3.